The van der Waals surface area contributed by atoms with E-state index in [1.165, 1.54) is 0 Å². The third-order valence-electron chi connectivity index (χ3n) is 6.29. The molecule has 4 heterocycles. The Morgan fingerprint density at radius 1 is 1.19 bits per heavy atom. The lowest BCUT2D eigenvalue weighted by molar-refractivity contribution is -0.131. The van der Waals surface area contributed by atoms with Crippen LogP contribution in [-0.4, -0.2) is 58.1 Å². The van der Waals surface area contributed by atoms with Gasteiger partial charge in [0.25, 0.3) is 5.56 Å². The van der Waals surface area contributed by atoms with Gasteiger partial charge in [0.1, 0.15) is 0 Å². The Hall–Kier alpha value is -1.89. The maximum Gasteiger partial charge on any atom is 0.250 e. The summed E-state index contributed by atoms with van der Waals surface area (Å²) in [4.78, 5) is 28.7. The predicted octanol–water partition coefficient (Wildman–Crippen LogP) is 1.40. The van der Waals surface area contributed by atoms with Crippen LogP contribution in [0.4, 0.5) is 0 Å². The highest BCUT2D eigenvalue weighted by molar-refractivity contribution is 7.80. The van der Waals surface area contributed by atoms with Crippen LogP contribution in [0.5, 0.6) is 0 Å². The van der Waals surface area contributed by atoms with Crippen LogP contribution in [0, 0.1) is 11.8 Å². The van der Waals surface area contributed by atoms with E-state index in [-0.39, 0.29) is 18.0 Å². The van der Waals surface area contributed by atoms with E-state index in [4.69, 9.17) is 12.2 Å². The standard InChI is InChI=1S/C20H28N4O2S/c1-14-5-7-22(8-6-14)19(26)10-21-20(27)23-11-15-9-16(13-23)17-3-2-4-18(25)24(17)12-15/h2-4,14-16H,5-13H2,1H3,(H,21,27)/t15-,16+/m1/s1. The Bertz CT molecular complexity index is 784. The Kier molecular flexibility index (Phi) is 5.21. The molecule has 2 saturated heterocycles. The molecule has 1 aromatic rings. The number of thiocarbonyl (C=S) groups is 1. The molecule has 146 valence electrons. The second-order valence-electron chi connectivity index (χ2n) is 8.33. The molecule has 2 atom stereocenters. The summed E-state index contributed by atoms with van der Waals surface area (Å²) in [6, 6.07) is 5.55. The summed E-state index contributed by atoms with van der Waals surface area (Å²) in [5.41, 5.74) is 1.21. The molecule has 0 unspecified atom stereocenters. The van der Waals surface area contributed by atoms with Crippen molar-refractivity contribution in [2.75, 3.05) is 32.7 Å². The SMILES string of the molecule is CC1CCN(C(=O)CNC(=S)N2C[C@H]3C[C@@H](C2)c2cccc(=O)n2C3)CC1. The number of nitrogens with one attached hydrogen (secondary N) is 1. The van der Waals surface area contributed by atoms with E-state index in [1.54, 1.807) is 6.07 Å². The molecular weight excluding hydrogens is 360 g/mol. The number of likely N-dealkylation sites (tertiary alicyclic amines) is 2. The third kappa shape index (κ3) is 3.88. The minimum Gasteiger partial charge on any atom is -0.353 e. The van der Waals surface area contributed by atoms with E-state index in [0.717, 1.165) is 57.7 Å². The summed E-state index contributed by atoms with van der Waals surface area (Å²) >= 11 is 5.59. The van der Waals surface area contributed by atoms with Gasteiger partial charge in [-0.3, -0.25) is 9.59 Å². The first-order valence-corrected chi connectivity index (χ1v) is 10.4. The smallest absolute Gasteiger partial charge is 0.250 e. The molecule has 1 amide bonds. The van der Waals surface area contributed by atoms with Gasteiger partial charge in [0.2, 0.25) is 5.91 Å². The molecule has 1 N–H and O–H groups in total. The molecule has 0 spiro atoms. The van der Waals surface area contributed by atoms with Gasteiger partial charge in [-0.15, -0.1) is 0 Å². The van der Waals surface area contributed by atoms with Crippen molar-refractivity contribution < 1.29 is 4.79 Å². The lowest BCUT2D eigenvalue weighted by atomic mass is 9.83. The van der Waals surface area contributed by atoms with Crippen LogP contribution in [0.1, 0.15) is 37.8 Å². The van der Waals surface area contributed by atoms with E-state index in [2.05, 4.69) is 23.2 Å². The zero-order valence-electron chi connectivity index (χ0n) is 15.9. The van der Waals surface area contributed by atoms with E-state index in [0.29, 0.717) is 22.9 Å². The average Bonchev–Trinajstić information content (AvgIpc) is 2.67. The Balaban J connectivity index is 1.34. The quantitative estimate of drug-likeness (QED) is 0.776. The van der Waals surface area contributed by atoms with Crippen molar-refractivity contribution in [3.63, 3.8) is 0 Å². The van der Waals surface area contributed by atoms with E-state index >= 15 is 0 Å². The molecule has 0 saturated carbocycles. The summed E-state index contributed by atoms with van der Waals surface area (Å²) in [5.74, 6) is 1.60. The van der Waals surface area contributed by atoms with Crippen molar-refractivity contribution in [3.05, 3.63) is 34.2 Å². The Morgan fingerprint density at radius 2 is 1.96 bits per heavy atom. The first kappa shape index (κ1) is 18.5. The van der Waals surface area contributed by atoms with Gasteiger partial charge in [-0.1, -0.05) is 13.0 Å². The van der Waals surface area contributed by atoms with E-state index in [9.17, 15) is 9.59 Å². The topological polar surface area (TPSA) is 57.6 Å². The van der Waals surface area contributed by atoms with Gasteiger partial charge < -0.3 is 19.7 Å². The summed E-state index contributed by atoms with van der Waals surface area (Å²) in [5, 5.41) is 3.85. The van der Waals surface area contributed by atoms with Crippen LogP contribution < -0.4 is 10.9 Å². The van der Waals surface area contributed by atoms with Crippen LogP contribution in [-0.2, 0) is 11.3 Å². The normalized spacial score (nSPS) is 25.1. The van der Waals surface area contributed by atoms with Gasteiger partial charge in [-0.2, -0.15) is 0 Å². The number of carbonyl (C=O) groups is 1. The van der Waals surface area contributed by atoms with Gasteiger partial charge in [-0.25, -0.2) is 0 Å². The maximum absolute atomic E-state index is 12.4. The summed E-state index contributed by atoms with van der Waals surface area (Å²) in [6.45, 7) is 6.64. The lowest BCUT2D eigenvalue weighted by Crippen LogP contribution is -2.53. The Labute approximate surface area is 165 Å². The summed E-state index contributed by atoms with van der Waals surface area (Å²) < 4.78 is 1.92. The van der Waals surface area contributed by atoms with Gasteiger partial charge in [0.15, 0.2) is 5.11 Å². The minimum atomic E-state index is 0.0952. The maximum atomic E-state index is 12.4. The molecule has 4 rings (SSSR count). The minimum absolute atomic E-state index is 0.0952. The van der Waals surface area contributed by atoms with Crippen LogP contribution in [0.3, 0.4) is 0 Å². The number of aromatic nitrogens is 1. The molecule has 1 aromatic heterocycles. The molecule has 27 heavy (non-hydrogen) atoms. The number of carbonyl (C=O) groups excluding carboxylic acids is 1. The second-order valence-corrected chi connectivity index (χ2v) is 8.71. The van der Waals surface area contributed by atoms with Crippen molar-refractivity contribution in [3.8, 4) is 0 Å². The number of fused-ring (bicyclic) bond motifs is 4. The van der Waals surface area contributed by atoms with Crippen LogP contribution in [0.2, 0.25) is 0 Å². The van der Waals surface area contributed by atoms with Crippen LogP contribution >= 0.6 is 12.2 Å². The molecule has 7 heteroatoms. The summed E-state index contributed by atoms with van der Waals surface area (Å²) in [7, 11) is 0. The highest BCUT2D eigenvalue weighted by Crippen LogP contribution is 2.34. The number of nitrogens with zero attached hydrogens (tertiary/aromatic N) is 3. The van der Waals surface area contributed by atoms with Gasteiger partial charge in [0, 0.05) is 50.4 Å². The first-order chi connectivity index (χ1) is 13.0. The highest BCUT2D eigenvalue weighted by atomic mass is 32.1. The predicted molar refractivity (Wildman–Crippen MR) is 109 cm³/mol. The number of hydrogen-bond acceptors (Lipinski definition) is 3. The molecule has 3 aliphatic heterocycles. The van der Waals surface area contributed by atoms with Gasteiger partial charge >= 0.3 is 0 Å². The Morgan fingerprint density at radius 3 is 2.74 bits per heavy atom. The van der Waals surface area contributed by atoms with Crippen molar-refractivity contribution in [2.24, 2.45) is 11.8 Å². The van der Waals surface area contributed by atoms with Crippen molar-refractivity contribution >= 4 is 23.2 Å². The van der Waals surface area contributed by atoms with Crippen molar-refractivity contribution in [1.29, 1.82) is 0 Å². The molecule has 2 fully saturated rings. The average molecular weight is 389 g/mol. The third-order valence-corrected chi connectivity index (χ3v) is 6.70. The zero-order valence-corrected chi connectivity index (χ0v) is 16.7. The number of piperidine rings is 2. The van der Waals surface area contributed by atoms with Gasteiger partial charge in [-0.05, 0) is 49.4 Å². The van der Waals surface area contributed by atoms with Crippen molar-refractivity contribution in [2.45, 2.75) is 38.6 Å². The first-order valence-electron chi connectivity index (χ1n) is 10.0. The lowest BCUT2D eigenvalue weighted by Gasteiger charge is -2.43. The number of amides is 1. The van der Waals surface area contributed by atoms with E-state index < -0.39 is 0 Å². The summed E-state index contributed by atoms with van der Waals surface area (Å²) in [6.07, 6.45) is 3.28. The number of rotatable bonds is 2. The monoisotopic (exact) mass is 388 g/mol. The molecule has 6 nitrogen and oxygen atoms in total. The number of hydrogen-bond donors (Lipinski definition) is 1. The fourth-order valence-electron chi connectivity index (χ4n) is 4.70. The van der Waals surface area contributed by atoms with Gasteiger partial charge in [0.05, 0.1) is 6.54 Å². The molecule has 3 aliphatic rings. The largest absolute Gasteiger partial charge is 0.353 e. The second kappa shape index (κ2) is 7.62. The molecule has 2 bridgehead atoms. The number of pyridine rings is 1. The molecule has 0 radical (unpaired) electrons. The molecule has 0 aliphatic carbocycles. The van der Waals surface area contributed by atoms with Crippen LogP contribution in [0.15, 0.2) is 23.0 Å². The van der Waals surface area contributed by atoms with Crippen LogP contribution in [0.25, 0.3) is 0 Å². The van der Waals surface area contributed by atoms with E-state index in [1.807, 2.05) is 15.5 Å². The molecule has 0 aromatic carbocycles. The molecular formula is C20H28N4O2S. The fraction of sp³-hybridized carbons (Fsp3) is 0.650. The zero-order chi connectivity index (χ0) is 19.0. The highest BCUT2D eigenvalue weighted by Gasteiger charge is 2.35. The van der Waals surface area contributed by atoms with Crippen molar-refractivity contribution in [1.82, 2.24) is 19.7 Å². The fourth-order valence-corrected chi connectivity index (χ4v) is 4.92.